The molecule has 5 nitrogen and oxygen atoms in total. The number of rotatable bonds is 6. The summed E-state index contributed by atoms with van der Waals surface area (Å²) in [5.41, 5.74) is 1.17. The molecule has 2 unspecified atom stereocenters. The molecule has 0 aliphatic heterocycles. The van der Waals surface area contributed by atoms with Gasteiger partial charge >= 0.3 is 0 Å². The van der Waals surface area contributed by atoms with Crippen LogP contribution in [0.2, 0.25) is 0 Å². The van der Waals surface area contributed by atoms with Gasteiger partial charge in [0.25, 0.3) is 5.69 Å². The summed E-state index contributed by atoms with van der Waals surface area (Å²) >= 11 is 1.66. The van der Waals surface area contributed by atoms with Crippen molar-refractivity contribution < 1.29 is 4.92 Å². The van der Waals surface area contributed by atoms with E-state index in [4.69, 9.17) is 0 Å². The quantitative estimate of drug-likeness (QED) is 0.653. The second-order valence-electron chi connectivity index (χ2n) is 4.75. The summed E-state index contributed by atoms with van der Waals surface area (Å²) in [6.07, 6.45) is 1.82. The highest BCUT2D eigenvalue weighted by Gasteiger charge is 2.12. The molecule has 20 heavy (non-hydrogen) atoms. The van der Waals surface area contributed by atoms with E-state index in [0.29, 0.717) is 5.92 Å². The normalized spacial score (nSPS) is 13.9. The van der Waals surface area contributed by atoms with E-state index >= 15 is 0 Å². The van der Waals surface area contributed by atoms with Gasteiger partial charge in [0.2, 0.25) is 0 Å². The zero-order valence-electron chi connectivity index (χ0n) is 11.4. The van der Waals surface area contributed by atoms with Crippen LogP contribution in [0.1, 0.15) is 36.4 Å². The van der Waals surface area contributed by atoms with Gasteiger partial charge in [0.15, 0.2) is 0 Å². The van der Waals surface area contributed by atoms with Crippen molar-refractivity contribution >= 4 is 17.0 Å². The van der Waals surface area contributed by atoms with E-state index in [0.717, 1.165) is 17.1 Å². The molecule has 1 heterocycles. The molecule has 0 radical (unpaired) electrons. The number of nitrogens with zero attached hydrogens (tertiary/aromatic N) is 2. The van der Waals surface area contributed by atoms with E-state index in [9.17, 15) is 10.1 Å². The van der Waals surface area contributed by atoms with Crippen LogP contribution in [0.4, 0.5) is 5.69 Å². The van der Waals surface area contributed by atoms with E-state index in [1.807, 2.05) is 11.6 Å². The van der Waals surface area contributed by atoms with Crippen molar-refractivity contribution in [1.29, 1.82) is 0 Å². The summed E-state index contributed by atoms with van der Waals surface area (Å²) in [6, 6.07) is 6.82. The Morgan fingerprint density at radius 1 is 1.35 bits per heavy atom. The largest absolute Gasteiger partial charge is 0.310 e. The maximum absolute atomic E-state index is 10.6. The number of non-ortho nitro benzene ring substituents is 1. The fraction of sp³-hybridized carbons (Fsp3) is 0.357. The molecule has 0 amide bonds. The van der Waals surface area contributed by atoms with Crippen LogP contribution in [0.3, 0.4) is 0 Å². The first-order valence-corrected chi connectivity index (χ1v) is 7.33. The zero-order chi connectivity index (χ0) is 14.5. The first-order valence-electron chi connectivity index (χ1n) is 6.45. The molecule has 0 bridgehead atoms. The van der Waals surface area contributed by atoms with Crippen molar-refractivity contribution in [3.8, 4) is 0 Å². The Hall–Kier alpha value is -1.79. The van der Waals surface area contributed by atoms with Gasteiger partial charge in [-0.3, -0.25) is 10.1 Å². The monoisotopic (exact) mass is 291 g/mol. The Labute approximate surface area is 121 Å². The van der Waals surface area contributed by atoms with Crippen molar-refractivity contribution in [2.75, 3.05) is 6.54 Å². The first-order chi connectivity index (χ1) is 9.58. The number of thiazole rings is 1. The maximum Gasteiger partial charge on any atom is 0.269 e. The lowest BCUT2D eigenvalue weighted by molar-refractivity contribution is -0.384. The molecule has 0 saturated carbocycles. The third-order valence-corrected chi connectivity index (χ3v) is 4.21. The van der Waals surface area contributed by atoms with E-state index in [1.165, 1.54) is 12.1 Å². The molecule has 0 fully saturated rings. The number of hydrogen-bond donors (Lipinski definition) is 1. The number of benzene rings is 1. The molecule has 1 aromatic heterocycles. The number of nitrogens with one attached hydrogen (secondary N) is 1. The van der Waals surface area contributed by atoms with Gasteiger partial charge < -0.3 is 5.32 Å². The minimum absolute atomic E-state index is 0.122. The van der Waals surface area contributed by atoms with Crippen LogP contribution < -0.4 is 5.32 Å². The van der Waals surface area contributed by atoms with Crippen LogP contribution in [0.25, 0.3) is 0 Å². The summed E-state index contributed by atoms with van der Waals surface area (Å²) in [5.74, 6) is 0.357. The summed E-state index contributed by atoms with van der Waals surface area (Å²) in [6.45, 7) is 5.01. The van der Waals surface area contributed by atoms with Crippen molar-refractivity contribution in [2.24, 2.45) is 0 Å². The summed E-state index contributed by atoms with van der Waals surface area (Å²) < 4.78 is 0. The van der Waals surface area contributed by atoms with Gasteiger partial charge in [-0.1, -0.05) is 19.1 Å². The number of aromatic nitrogens is 1. The highest BCUT2D eigenvalue weighted by molar-refractivity contribution is 7.09. The molecule has 0 aliphatic rings. The Bertz CT molecular complexity index is 554. The summed E-state index contributed by atoms with van der Waals surface area (Å²) in [5, 5.41) is 17.1. The third-order valence-electron chi connectivity index (χ3n) is 3.21. The second-order valence-corrected chi connectivity index (χ2v) is 5.68. The highest BCUT2D eigenvalue weighted by atomic mass is 32.1. The maximum atomic E-state index is 10.6. The van der Waals surface area contributed by atoms with Gasteiger partial charge in [0.1, 0.15) is 0 Å². The number of nitro groups is 1. The minimum atomic E-state index is -0.383. The Balaban J connectivity index is 1.91. The van der Waals surface area contributed by atoms with Gasteiger partial charge in [0.05, 0.1) is 9.93 Å². The molecule has 1 N–H and O–H groups in total. The second kappa shape index (κ2) is 6.58. The topological polar surface area (TPSA) is 68.1 Å². The van der Waals surface area contributed by atoms with E-state index in [1.54, 1.807) is 23.5 Å². The molecule has 2 aromatic rings. The highest BCUT2D eigenvalue weighted by Crippen LogP contribution is 2.20. The van der Waals surface area contributed by atoms with Gasteiger partial charge in [-0.25, -0.2) is 4.98 Å². The lowest BCUT2D eigenvalue weighted by atomic mass is 10.1. The van der Waals surface area contributed by atoms with Gasteiger partial charge in [-0.05, 0) is 12.5 Å². The zero-order valence-corrected chi connectivity index (χ0v) is 12.3. The molecule has 0 saturated heterocycles. The van der Waals surface area contributed by atoms with Gasteiger partial charge in [-0.2, -0.15) is 0 Å². The van der Waals surface area contributed by atoms with Crippen LogP contribution in [0.15, 0.2) is 35.8 Å². The van der Waals surface area contributed by atoms with E-state index in [-0.39, 0.29) is 16.7 Å². The van der Waals surface area contributed by atoms with Crippen molar-refractivity contribution in [2.45, 2.75) is 25.8 Å². The predicted molar refractivity (Wildman–Crippen MR) is 80.0 cm³/mol. The summed E-state index contributed by atoms with van der Waals surface area (Å²) in [4.78, 5) is 14.5. The van der Waals surface area contributed by atoms with Crippen molar-refractivity contribution in [3.05, 3.63) is 56.5 Å². The molecule has 0 spiro atoms. The van der Waals surface area contributed by atoms with Crippen LogP contribution in [0, 0.1) is 10.1 Å². The lowest BCUT2D eigenvalue weighted by Crippen LogP contribution is -2.23. The number of hydrogen-bond acceptors (Lipinski definition) is 5. The predicted octanol–water partition coefficient (Wildman–Crippen LogP) is 3.51. The molecule has 1 aromatic carbocycles. The van der Waals surface area contributed by atoms with E-state index in [2.05, 4.69) is 24.1 Å². The average Bonchev–Trinajstić information content (AvgIpc) is 2.98. The van der Waals surface area contributed by atoms with Crippen LogP contribution in [-0.4, -0.2) is 16.5 Å². The first kappa shape index (κ1) is 14.6. The molecule has 2 atom stereocenters. The Morgan fingerprint density at radius 3 is 2.60 bits per heavy atom. The number of nitro benzene ring substituents is 1. The van der Waals surface area contributed by atoms with Crippen LogP contribution >= 0.6 is 11.3 Å². The summed E-state index contributed by atoms with van der Waals surface area (Å²) in [7, 11) is 0. The lowest BCUT2D eigenvalue weighted by Gasteiger charge is -2.16. The van der Waals surface area contributed by atoms with Crippen LogP contribution in [-0.2, 0) is 0 Å². The molecule has 0 aliphatic carbocycles. The molecule has 2 rings (SSSR count). The van der Waals surface area contributed by atoms with Gasteiger partial charge in [-0.15, -0.1) is 11.3 Å². The fourth-order valence-corrected chi connectivity index (χ4v) is 2.62. The fourth-order valence-electron chi connectivity index (χ4n) is 1.92. The SMILES string of the molecule is CC(CNC(C)c1ccc([N+](=O)[O-])cc1)c1nccs1. The van der Waals surface area contributed by atoms with Crippen molar-refractivity contribution in [1.82, 2.24) is 10.3 Å². The Morgan fingerprint density at radius 2 is 2.05 bits per heavy atom. The molecule has 6 heteroatoms. The molecular weight excluding hydrogens is 274 g/mol. The van der Waals surface area contributed by atoms with Gasteiger partial charge in [0, 0.05) is 42.2 Å². The smallest absolute Gasteiger partial charge is 0.269 e. The van der Waals surface area contributed by atoms with Crippen LogP contribution in [0.5, 0.6) is 0 Å². The third kappa shape index (κ3) is 3.61. The standard InChI is InChI=1S/C14H17N3O2S/c1-10(14-15-7-8-20-14)9-16-11(2)12-3-5-13(6-4-12)17(18)19/h3-8,10-11,16H,9H2,1-2H3. The van der Waals surface area contributed by atoms with Crippen molar-refractivity contribution in [3.63, 3.8) is 0 Å². The molecule has 106 valence electrons. The Kier molecular flexibility index (Phi) is 4.81. The van der Waals surface area contributed by atoms with E-state index < -0.39 is 0 Å². The average molecular weight is 291 g/mol. The molecular formula is C14H17N3O2S. The minimum Gasteiger partial charge on any atom is -0.310 e.